The van der Waals surface area contributed by atoms with E-state index in [1.165, 1.54) is 18.4 Å². The van der Waals surface area contributed by atoms with Gasteiger partial charge in [-0.3, -0.25) is 9.59 Å². The van der Waals surface area contributed by atoms with E-state index in [-0.39, 0.29) is 17.8 Å². The maximum Gasteiger partial charge on any atom is 0.310 e. The second-order valence-corrected chi connectivity index (χ2v) is 5.72. The minimum absolute atomic E-state index is 0.0491. The Kier molecular flexibility index (Phi) is 4.90. The Balaban J connectivity index is 2.70. The lowest BCUT2D eigenvalue weighted by atomic mass is 10.1. The lowest BCUT2D eigenvalue weighted by Gasteiger charge is -2.19. The zero-order valence-electron chi connectivity index (χ0n) is 11.4. The van der Waals surface area contributed by atoms with Crippen LogP contribution in [0.4, 0.5) is 0 Å². The van der Waals surface area contributed by atoms with Gasteiger partial charge in [0, 0.05) is 18.5 Å². The van der Waals surface area contributed by atoms with E-state index in [1.54, 1.807) is 18.9 Å². The van der Waals surface area contributed by atoms with Crippen molar-refractivity contribution in [2.75, 3.05) is 20.7 Å². The number of carbonyl (C=O) groups excluding carboxylic acids is 2. The zero-order chi connectivity index (χ0) is 13.9. The molecule has 5 heteroatoms. The molecule has 0 aromatic carbocycles. The number of ether oxygens (including phenoxy) is 1. The number of esters is 1. The Morgan fingerprint density at radius 2 is 2.06 bits per heavy atom. The fraction of sp³-hybridized carbons (Fsp3) is 0.538. The molecule has 100 valence electrons. The van der Waals surface area contributed by atoms with Gasteiger partial charge in [-0.1, -0.05) is 6.92 Å². The molecule has 0 aliphatic heterocycles. The summed E-state index contributed by atoms with van der Waals surface area (Å²) in [5.41, 5.74) is 1.12. The summed E-state index contributed by atoms with van der Waals surface area (Å²) in [5, 5.41) is 0. The summed E-state index contributed by atoms with van der Waals surface area (Å²) in [7, 11) is 3.05. The molecule has 1 unspecified atom stereocenters. The van der Waals surface area contributed by atoms with Crippen LogP contribution >= 0.6 is 11.3 Å². The van der Waals surface area contributed by atoms with Crippen molar-refractivity contribution >= 4 is 23.2 Å². The van der Waals surface area contributed by atoms with Gasteiger partial charge in [0.05, 0.1) is 17.9 Å². The molecule has 1 aromatic rings. The third kappa shape index (κ3) is 3.32. The average Bonchev–Trinajstić information content (AvgIpc) is 2.67. The summed E-state index contributed by atoms with van der Waals surface area (Å²) >= 11 is 1.48. The van der Waals surface area contributed by atoms with Gasteiger partial charge in [-0.2, -0.15) is 0 Å². The highest BCUT2D eigenvalue weighted by atomic mass is 32.1. The maximum absolute atomic E-state index is 12.1. The average molecular weight is 269 g/mol. The highest BCUT2D eigenvalue weighted by Crippen LogP contribution is 2.22. The first-order chi connectivity index (χ1) is 8.36. The van der Waals surface area contributed by atoms with E-state index in [9.17, 15) is 9.59 Å². The normalized spacial score (nSPS) is 12.1. The fourth-order valence-corrected chi connectivity index (χ4v) is 2.66. The number of thiophene rings is 1. The standard InChI is InChI=1S/C13H19NO3S/c1-8-6-11(18-10(8)3)12(15)14(4)7-9(2)13(16)17-5/h6,9H,7H2,1-5H3. The maximum atomic E-state index is 12.1. The third-order valence-corrected chi connectivity index (χ3v) is 4.02. The minimum Gasteiger partial charge on any atom is -0.469 e. The smallest absolute Gasteiger partial charge is 0.310 e. The molecule has 18 heavy (non-hydrogen) atoms. The van der Waals surface area contributed by atoms with Gasteiger partial charge in [0.1, 0.15) is 0 Å². The summed E-state index contributed by atoms with van der Waals surface area (Å²) in [4.78, 5) is 26.9. The molecule has 1 rings (SSSR count). The summed E-state index contributed by atoms with van der Waals surface area (Å²) in [5.74, 6) is -0.661. The van der Waals surface area contributed by atoms with Crippen molar-refractivity contribution in [1.29, 1.82) is 0 Å². The molecule has 4 nitrogen and oxygen atoms in total. The van der Waals surface area contributed by atoms with Crippen LogP contribution in [-0.4, -0.2) is 37.5 Å². The number of amides is 1. The van der Waals surface area contributed by atoms with E-state index in [0.29, 0.717) is 11.4 Å². The van der Waals surface area contributed by atoms with Gasteiger partial charge in [-0.05, 0) is 25.5 Å². The monoisotopic (exact) mass is 269 g/mol. The Morgan fingerprint density at radius 1 is 1.44 bits per heavy atom. The van der Waals surface area contributed by atoms with Gasteiger partial charge in [0.15, 0.2) is 0 Å². The van der Waals surface area contributed by atoms with Crippen LogP contribution in [0.25, 0.3) is 0 Å². The van der Waals surface area contributed by atoms with E-state index in [4.69, 9.17) is 0 Å². The molecule has 0 fully saturated rings. The van der Waals surface area contributed by atoms with Crippen LogP contribution in [0.3, 0.4) is 0 Å². The zero-order valence-corrected chi connectivity index (χ0v) is 12.3. The molecule has 0 aliphatic rings. The fourth-order valence-electron chi connectivity index (χ4n) is 1.64. The van der Waals surface area contributed by atoms with E-state index in [1.807, 2.05) is 19.9 Å². The molecule has 1 atom stereocenters. The highest BCUT2D eigenvalue weighted by Gasteiger charge is 2.20. The van der Waals surface area contributed by atoms with Crippen molar-refractivity contribution in [3.63, 3.8) is 0 Å². The van der Waals surface area contributed by atoms with Crippen molar-refractivity contribution in [1.82, 2.24) is 4.90 Å². The molecular weight excluding hydrogens is 250 g/mol. The lowest BCUT2D eigenvalue weighted by Crippen LogP contribution is -2.33. The van der Waals surface area contributed by atoms with E-state index < -0.39 is 0 Å². The molecule has 0 saturated carbocycles. The van der Waals surface area contributed by atoms with Crippen molar-refractivity contribution in [3.8, 4) is 0 Å². The van der Waals surface area contributed by atoms with Crippen molar-refractivity contribution in [3.05, 3.63) is 21.4 Å². The number of methoxy groups -OCH3 is 1. The summed E-state index contributed by atoms with van der Waals surface area (Å²) in [6.45, 7) is 6.09. The van der Waals surface area contributed by atoms with Gasteiger partial charge in [-0.15, -0.1) is 11.3 Å². The van der Waals surface area contributed by atoms with Crippen molar-refractivity contribution in [2.45, 2.75) is 20.8 Å². The summed E-state index contributed by atoms with van der Waals surface area (Å²) < 4.78 is 4.65. The lowest BCUT2D eigenvalue weighted by molar-refractivity contribution is -0.145. The predicted molar refractivity (Wildman–Crippen MR) is 71.9 cm³/mol. The van der Waals surface area contributed by atoms with Crippen LogP contribution < -0.4 is 0 Å². The summed E-state index contributed by atoms with van der Waals surface area (Å²) in [6.07, 6.45) is 0. The first kappa shape index (κ1) is 14.7. The van der Waals surface area contributed by atoms with Gasteiger partial charge in [0.25, 0.3) is 5.91 Å². The number of hydrogen-bond acceptors (Lipinski definition) is 4. The molecule has 1 heterocycles. The quantitative estimate of drug-likeness (QED) is 0.788. The largest absolute Gasteiger partial charge is 0.469 e. The Morgan fingerprint density at radius 3 is 2.50 bits per heavy atom. The first-order valence-corrected chi connectivity index (χ1v) is 6.58. The molecule has 0 saturated heterocycles. The van der Waals surface area contributed by atoms with Gasteiger partial charge in [0.2, 0.25) is 0 Å². The Hall–Kier alpha value is -1.36. The number of carbonyl (C=O) groups is 2. The molecule has 0 radical (unpaired) electrons. The number of hydrogen-bond donors (Lipinski definition) is 0. The van der Waals surface area contributed by atoms with E-state index >= 15 is 0 Å². The van der Waals surface area contributed by atoms with Crippen LogP contribution in [0.15, 0.2) is 6.07 Å². The predicted octanol–water partition coefficient (Wildman–Crippen LogP) is 2.25. The molecule has 1 amide bonds. The topological polar surface area (TPSA) is 46.6 Å². The Bertz CT molecular complexity index is 434. The minimum atomic E-state index is -0.314. The summed E-state index contributed by atoms with van der Waals surface area (Å²) in [6, 6.07) is 1.89. The van der Waals surface area contributed by atoms with Crippen LogP contribution in [0, 0.1) is 19.8 Å². The van der Waals surface area contributed by atoms with E-state index in [0.717, 1.165) is 10.4 Å². The molecule has 0 aliphatic carbocycles. The van der Waals surface area contributed by atoms with Crippen LogP contribution in [0.5, 0.6) is 0 Å². The first-order valence-electron chi connectivity index (χ1n) is 5.77. The van der Waals surface area contributed by atoms with Gasteiger partial charge < -0.3 is 9.64 Å². The Labute approximate surface area is 112 Å². The van der Waals surface area contributed by atoms with Crippen LogP contribution in [0.1, 0.15) is 27.0 Å². The van der Waals surface area contributed by atoms with Gasteiger partial charge in [-0.25, -0.2) is 0 Å². The second kappa shape index (κ2) is 6.00. The van der Waals surface area contributed by atoms with E-state index in [2.05, 4.69) is 4.74 Å². The SMILES string of the molecule is COC(=O)C(C)CN(C)C(=O)c1cc(C)c(C)s1. The highest BCUT2D eigenvalue weighted by molar-refractivity contribution is 7.14. The molecule has 0 N–H and O–H groups in total. The second-order valence-electron chi connectivity index (χ2n) is 4.46. The van der Waals surface area contributed by atoms with Crippen molar-refractivity contribution in [2.24, 2.45) is 5.92 Å². The molecule has 0 spiro atoms. The molecular formula is C13H19NO3S. The van der Waals surface area contributed by atoms with Gasteiger partial charge >= 0.3 is 5.97 Å². The molecule has 1 aromatic heterocycles. The van der Waals surface area contributed by atoms with Crippen molar-refractivity contribution < 1.29 is 14.3 Å². The number of nitrogens with zero attached hydrogens (tertiary/aromatic N) is 1. The number of rotatable bonds is 4. The van der Waals surface area contributed by atoms with Crippen LogP contribution in [0.2, 0.25) is 0 Å². The molecule has 0 bridgehead atoms. The number of aryl methyl sites for hydroxylation is 2. The van der Waals surface area contributed by atoms with Crippen LogP contribution in [-0.2, 0) is 9.53 Å². The third-order valence-electron chi connectivity index (χ3n) is 2.87.